The number of hydrogen-bond acceptors (Lipinski definition) is 6. The van der Waals surface area contributed by atoms with E-state index in [0.29, 0.717) is 21.5 Å². The van der Waals surface area contributed by atoms with E-state index in [1.807, 2.05) is 0 Å². The number of hydrogen-bond donors (Lipinski definition) is 5. The SMILES string of the molecule is O=C(O)c1ccc2cc(C(=O)Nc3cc(NC(=O)c4ccc5cc(C(=O)O)ccc5c4)cc(S(=O)(=O)O)c3)ccc2c1. The number of amides is 2. The Morgan fingerprint density at radius 1 is 0.500 bits per heavy atom. The molecule has 0 atom stereocenters. The zero-order chi connectivity index (χ0) is 30.2. The van der Waals surface area contributed by atoms with Gasteiger partial charge in [-0.25, -0.2) is 9.59 Å². The molecule has 0 unspecified atom stereocenters. The standard InChI is InChI=1S/C30H20N2O9S/c33-27(20-5-1-18-11-22(29(35)36)7-3-16(18)9-20)31-24-13-25(15-26(14-24)42(39,40)41)32-28(34)21-6-2-19-12-23(30(37)38)8-4-17(19)10-21/h1-15H,(H,31,33)(H,32,34)(H,35,36)(H,37,38)(H,39,40,41). The van der Waals surface area contributed by atoms with E-state index in [4.69, 9.17) is 0 Å². The Balaban J connectivity index is 1.41. The summed E-state index contributed by atoms with van der Waals surface area (Å²) in [4.78, 5) is 47.8. The number of rotatable bonds is 7. The molecule has 42 heavy (non-hydrogen) atoms. The lowest BCUT2D eigenvalue weighted by Crippen LogP contribution is -2.15. The van der Waals surface area contributed by atoms with Gasteiger partial charge in [0.05, 0.1) is 16.0 Å². The Morgan fingerprint density at radius 3 is 1.17 bits per heavy atom. The summed E-state index contributed by atoms with van der Waals surface area (Å²) in [6, 6.07) is 21.4. The number of aromatic carboxylic acids is 2. The van der Waals surface area contributed by atoms with Gasteiger partial charge >= 0.3 is 11.9 Å². The number of benzene rings is 5. The molecule has 0 fully saturated rings. The largest absolute Gasteiger partial charge is 0.478 e. The zero-order valence-electron chi connectivity index (χ0n) is 21.4. The molecule has 0 aliphatic carbocycles. The van der Waals surface area contributed by atoms with Crippen LogP contribution in [0, 0.1) is 0 Å². The maximum atomic E-state index is 13.0. The minimum Gasteiger partial charge on any atom is -0.478 e. The van der Waals surface area contributed by atoms with Crippen molar-refractivity contribution in [3.8, 4) is 0 Å². The number of fused-ring (bicyclic) bond motifs is 2. The average molecular weight is 585 g/mol. The third-order valence-corrected chi connectivity index (χ3v) is 7.25. The summed E-state index contributed by atoms with van der Waals surface area (Å²) < 4.78 is 33.5. The number of carboxylic acid groups (broad SMARTS) is 2. The Labute approximate surface area is 237 Å². The molecule has 0 aliphatic rings. The van der Waals surface area contributed by atoms with Crippen LogP contribution in [-0.2, 0) is 10.1 Å². The molecule has 0 radical (unpaired) electrons. The van der Waals surface area contributed by atoms with Gasteiger partial charge in [0.15, 0.2) is 0 Å². The van der Waals surface area contributed by atoms with E-state index < -0.39 is 38.8 Å². The molecule has 5 N–H and O–H groups in total. The minimum atomic E-state index is -4.73. The van der Waals surface area contributed by atoms with Crippen LogP contribution < -0.4 is 10.6 Å². The monoisotopic (exact) mass is 584 g/mol. The summed E-state index contributed by atoms with van der Waals surface area (Å²) in [5.74, 6) is -3.43. The van der Waals surface area contributed by atoms with Crippen LogP contribution >= 0.6 is 0 Å². The van der Waals surface area contributed by atoms with Gasteiger partial charge in [-0.1, -0.05) is 24.3 Å². The second-order valence-corrected chi connectivity index (χ2v) is 10.7. The third-order valence-electron chi connectivity index (χ3n) is 6.42. The van der Waals surface area contributed by atoms with E-state index in [1.165, 1.54) is 54.6 Å². The van der Waals surface area contributed by atoms with Crippen molar-refractivity contribution in [2.75, 3.05) is 10.6 Å². The van der Waals surface area contributed by atoms with E-state index in [-0.39, 0.29) is 33.6 Å². The first kappa shape index (κ1) is 28.0. The van der Waals surface area contributed by atoms with Gasteiger partial charge in [0.25, 0.3) is 21.9 Å². The lowest BCUT2D eigenvalue weighted by Gasteiger charge is -2.12. The number of carbonyl (C=O) groups excluding carboxylic acids is 2. The number of carboxylic acids is 2. The highest BCUT2D eigenvalue weighted by molar-refractivity contribution is 7.85. The molecular formula is C30H20N2O9S. The van der Waals surface area contributed by atoms with E-state index in [1.54, 1.807) is 24.3 Å². The number of carbonyl (C=O) groups is 4. The van der Waals surface area contributed by atoms with E-state index in [9.17, 15) is 42.4 Å². The minimum absolute atomic E-state index is 0.0357. The van der Waals surface area contributed by atoms with Crippen molar-refractivity contribution in [1.29, 1.82) is 0 Å². The first-order chi connectivity index (χ1) is 19.9. The average Bonchev–Trinajstić information content (AvgIpc) is 2.95. The van der Waals surface area contributed by atoms with Crippen LogP contribution in [-0.4, -0.2) is 46.9 Å². The van der Waals surface area contributed by atoms with Gasteiger partial charge in [0, 0.05) is 22.5 Å². The molecule has 0 bridgehead atoms. The highest BCUT2D eigenvalue weighted by atomic mass is 32.2. The molecule has 5 aromatic carbocycles. The number of nitrogens with one attached hydrogen (secondary N) is 2. The summed E-state index contributed by atoms with van der Waals surface area (Å²) >= 11 is 0. The Morgan fingerprint density at radius 2 is 0.833 bits per heavy atom. The van der Waals surface area contributed by atoms with Crippen LogP contribution in [0.25, 0.3) is 21.5 Å². The van der Waals surface area contributed by atoms with Crippen molar-refractivity contribution < 1.29 is 42.4 Å². The van der Waals surface area contributed by atoms with Crippen molar-refractivity contribution in [3.05, 3.63) is 113 Å². The molecule has 5 aromatic rings. The van der Waals surface area contributed by atoms with Crippen LogP contribution in [0.5, 0.6) is 0 Å². The molecule has 210 valence electrons. The fraction of sp³-hybridized carbons (Fsp3) is 0. The van der Waals surface area contributed by atoms with Crippen LogP contribution in [0.2, 0.25) is 0 Å². The quantitative estimate of drug-likeness (QED) is 0.161. The molecule has 0 spiro atoms. The van der Waals surface area contributed by atoms with Gasteiger partial charge in [-0.15, -0.1) is 0 Å². The van der Waals surface area contributed by atoms with Gasteiger partial charge in [0.1, 0.15) is 0 Å². The Bertz CT molecular complexity index is 1940. The second-order valence-electron chi connectivity index (χ2n) is 9.29. The van der Waals surface area contributed by atoms with Crippen LogP contribution in [0.4, 0.5) is 11.4 Å². The molecule has 5 rings (SSSR count). The number of anilines is 2. The third kappa shape index (κ3) is 5.94. The van der Waals surface area contributed by atoms with Crippen LogP contribution in [0.3, 0.4) is 0 Å². The van der Waals surface area contributed by atoms with E-state index in [2.05, 4.69) is 10.6 Å². The molecule has 0 aliphatic heterocycles. The summed E-state index contributed by atoms with van der Waals surface area (Å²) in [6.07, 6.45) is 0. The molecule has 0 saturated carbocycles. The molecule has 0 heterocycles. The summed E-state index contributed by atoms with van der Waals surface area (Å²) in [5.41, 5.74) is 0.490. The molecular weight excluding hydrogens is 564 g/mol. The maximum absolute atomic E-state index is 13.0. The van der Waals surface area contributed by atoms with Gasteiger partial charge in [-0.3, -0.25) is 14.1 Å². The topological polar surface area (TPSA) is 187 Å². The van der Waals surface area contributed by atoms with Crippen molar-refractivity contribution in [3.63, 3.8) is 0 Å². The fourth-order valence-electron chi connectivity index (χ4n) is 4.34. The Kier molecular flexibility index (Phi) is 7.17. The van der Waals surface area contributed by atoms with E-state index in [0.717, 1.165) is 12.1 Å². The van der Waals surface area contributed by atoms with Crippen LogP contribution in [0.15, 0.2) is 95.9 Å². The zero-order valence-corrected chi connectivity index (χ0v) is 22.2. The van der Waals surface area contributed by atoms with Gasteiger partial charge in [0.2, 0.25) is 0 Å². The van der Waals surface area contributed by atoms with Crippen molar-refractivity contribution >= 4 is 66.8 Å². The van der Waals surface area contributed by atoms with Crippen LogP contribution in [0.1, 0.15) is 41.4 Å². The maximum Gasteiger partial charge on any atom is 0.335 e. The summed E-state index contributed by atoms with van der Waals surface area (Å²) in [7, 11) is -4.73. The van der Waals surface area contributed by atoms with Crippen molar-refractivity contribution in [1.82, 2.24) is 0 Å². The van der Waals surface area contributed by atoms with Gasteiger partial charge in [-0.2, -0.15) is 8.42 Å². The summed E-state index contributed by atoms with van der Waals surface area (Å²) in [6.45, 7) is 0. The molecule has 12 heteroatoms. The molecule has 2 amide bonds. The summed E-state index contributed by atoms with van der Waals surface area (Å²) in [5, 5.41) is 25.8. The predicted octanol–water partition coefficient (Wildman–Crippen LogP) is 5.14. The van der Waals surface area contributed by atoms with E-state index >= 15 is 0 Å². The first-order valence-electron chi connectivity index (χ1n) is 12.2. The molecule has 0 saturated heterocycles. The Hall–Kier alpha value is -5.59. The predicted molar refractivity (Wildman–Crippen MR) is 154 cm³/mol. The smallest absolute Gasteiger partial charge is 0.335 e. The first-order valence-corrected chi connectivity index (χ1v) is 13.6. The normalized spacial score (nSPS) is 11.3. The van der Waals surface area contributed by atoms with Crippen molar-refractivity contribution in [2.45, 2.75) is 4.90 Å². The lowest BCUT2D eigenvalue weighted by molar-refractivity contribution is 0.0686. The fourth-order valence-corrected chi connectivity index (χ4v) is 4.89. The van der Waals surface area contributed by atoms with Gasteiger partial charge < -0.3 is 20.8 Å². The van der Waals surface area contributed by atoms with Gasteiger partial charge in [-0.05, 0) is 88.3 Å². The lowest BCUT2D eigenvalue weighted by atomic mass is 10.0. The molecule has 11 nitrogen and oxygen atoms in total. The highest BCUT2D eigenvalue weighted by Gasteiger charge is 2.17. The second kappa shape index (κ2) is 10.8. The highest BCUT2D eigenvalue weighted by Crippen LogP contribution is 2.26. The molecule has 0 aromatic heterocycles. The van der Waals surface area contributed by atoms with Crippen molar-refractivity contribution in [2.24, 2.45) is 0 Å².